The minimum absolute atomic E-state index is 0.140. The van der Waals surface area contributed by atoms with Gasteiger partial charge in [-0.05, 0) is 38.5 Å². The van der Waals surface area contributed by atoms with Crippen LogP contribution in [-0.4, -0.2) is 30.8 Å². The van der Waals surface area contributed by atoms with Gasteiger partial charge in [0.2, 0.25) is 0 Å². The number of carbonyl (C=O) groups excluding carboxylic acids is 1. The monoisotopic (exact) mass is 232 g/mol. The van der Waals surface area contributed by atoms with E-state index in [0.29, 0.717) is 0 Å². The molecule has 2 N–H and O–H groups in total. The number of hydrogen-bond acceptors (Lipinski definition) is 3. The molecule has 3 heteroatoms. The third-order valence-electron chi connectivity index (χ3n) is 3.59. The summed E-state index contributed by atoms with van der Waals surface area (Å²) in [5.74, 6) is 0.339. The Morgan fingerprint density at radius 1 is 1.29 bits per heavy atom. The maximum atomic E-state index is 12.3. The molecule has 1 aromatic rings. The Kier molecular flexibility index (Phi) is 3.92. The van der Waals surface area contributed by atoms with Crippen molar-refractivity contribution in [1.29, 1.82) is 0 Å². The largest absolute Gasteiger partial charge is 0.318 e. The van der Waals surface area contributed by atoms with Crippen molar-refractivity contribution in [2.45, 2.75) is 18.9 Å². The van der Waals surface area contributed by atoms with E-state index in [1.54, 1.807) is 0 Å². The van der Waals surface area contributed by atoms with Crippen LogP contribution < -0.4 is 5.73 Å². The van der Waals surface area contributed by atoms with Gasteiger partial charge in [0.05, 0.1) is 6.04 Å². The van der Waals surface area contributed by atoms with Gasteiger partial charge in [-0.25, -0.2) is 0 Å². The molecule has 1 aromatic carbocycles. The molecule has 92 valence electrons. The summed E-state index contributed by atoms with van der Waals surface area (Å²) in [4.78, 5) is 14.5. The maximum Gasteiger partial charge on any atom is 0.157 e. The quantitative estimate of drug-likeness (QED) is 0.861. The van der Waals surface area contributed by atoms with Crippen LogP contribution in [0.4, 0.5) is 0 Å². The molecule has 0 radical (unpaired) electrons. The van der Waals surface area contributed by atoms with Gasteiger partial charge in [0.25, 0.3) is 0 Å². The van der Waals surface area contributed by atoms with E-state index in [1.807, 2.05) is 30.3 Å². The molecule has 1 fully saturated rings. The highest BCUT2D eigenvalue weighted by molar-refractivity contribution is 5.87. The third-order valence-corrected chi connectivity index (χ3v) is 3.59. The van der Waals surface area contributed by atoms with Gasteiger partial charge in [-0.1, -0.05) is 30.3 Å². The number of rotatable bonds is 3. The maximum absolute atomic E-state index is 12.3. The number of benzene rings is 1. The fourth-order valence-electron chi connectivity index (χ4n) is 2.37. The van der Waals surface area contributed by atoms with Gasteiger partial charge in [-0.3, -0.25) is 4.79 Å². The summed E-state index contributed by atoms with van der Waals surface area (Å²) < 4.78 is 0. The molecule has 0 aromatic heterocycles. The molecule has 1 aliphatic rings. The van der Waals surface area contributed by atoms with Crippen molar-refractivity contribution in [3.8, 4) is 0 Å². The molecule has 0 aliphatic carbocycles. The first-order chi connectivity index (χ1) is 8.18. The fourth-order valence-corrected chi connectivity index (χ4v) is 2.37. The van der Waals surface area contributed by atoms with Crippen molar-refractivity contribution >= 4 is 5.78 Å². The number of nitrogens with zero attached hydrogens (tertiary/aromatic N) is 1. The van der Waals surface area contributed by atoms with Crippen molar-refractivity contribution in [3.05, 3.63) is 35.9 Å². The third kappa shape index (κ3) is 2.93. The van der Waals surface area contributed by atoms with Crippen molar-refractivity contribution in [2.75, 3.05) is 20.1 Å². The predicted molar refractivity (Wildman–Crippen MR) is 68.6 cm³/mol. The fraction of sp³-hybridized carbons (Fsp3) is 0.500. The average molecular weight is 232 g/mol. The number of likely N-dealkylation sites (tertiary alicyclic amines) is 1. The summed E-state index contributed by atoms with van der Waals surface area (Å²) >= 11 is 0. The number of ketones is 1. The molecular formula is C14H20N2O. The molecule has 1 atom stereocenters. The average Bonchev–Trinajstić information content (AvgIpc) is 2.39. The van der Waals surface area contributed by atoms with E-state index in [9.17, 15) is 4.79 Å². The van der Waals surface area contributed by atoms with Crippen molar-refractivity contribution in [2.24, 2.45) is 11.7 Å². The van der Waals surface area contributed by atoms with Gasteiger partial charge in [0.15, 0.2) is 5.78 Å². The number of piperidine rings is 1. The zero-order chi connectivity index (χ0) is 12.3. The lowest BCUT2D eigenvalue weighted by Crippen LogP contribution is -2.37. The Morgan fingerprint density at radius 3 is 2.47 bits per heavy atom. The lowest BCUT2D eigenvalue weighted by Gasteiger charge is -2.29. The Balaban J connectivity index is 2.00. The number of nitrogens with two attached hydrogens (primary N) is 1. The standard InChI is InChI=1S/C14H20N2O/c1-16-9-7-12(8-10-16)14(17)13(15)11-5-3-2-4-6-11/h2-6,12-13H,7-10,15H2,1H3. The molecule has 0 bridgehead atoms. The topological polar surface area (TPSA) is 46.3 Å². The molecule has 3 nitrogen and oxygen atoms in total. The minimum Gasteiger partial charge on any atom is -0.318 e. The van der Waals surface area contributed by atoms with Gasteiger partial charge in [0.1, 0.15) is 0 Å². The van der Waals surface area contributed by atoms with Crippen LogP contribution in [-0.2, 0) is 4.79 Å². The molecule has 1 unspecified atom stereocenters. The minimum atomic E-state index is -0.454. The lowest BCUT2D eigenvalue weighted by atomic mass is 9.87. The van der Waals surface area contributed by atoms with E-state index in [2.05, 4.69) is 11.9 Å². The van der Waals surface area contributed by atoms with E-state index < -0.39 is 6.04 Å². The van der Waals surface area contributed by atoms with Crippen LogP contribution in [0.2, 0.25) is 0 Å². The molecule has 1 aliphatic heterocycles. The molecule has 17 heavy (non-hydrogen) atoms. The Labute approximate surface area is 103 Å². The lowest BCUT2D eigenvalue weighted by molar-refractivity contribution is -0.125. The first-order valence-electron chi connectivity index (χ1n) is 6.21. The summed E-state index contributed by atoms with van der Waals surface area (Å²) in [6.45, 7) is 2.00. The summed E-state index contributed by atoms with van der Waals surface area (Å²) in [5.41, 5.74) is 6.97. The van der Waals surface area contributed by atoms with E-state index in [4.69, 9.17) is 5.73 Å². The van der Waals surface area contributed by atoms with E-state index in [-0.39, 0.29) is 11.7 Å². The smallest absolute Gasteiger partial charge is 0.157 e. The molecule has 0 amide bonds. The zero-order valence-electron chi connectivity index (χ0n) is 10.3. The summed E-state index contributed by atoms with van der Waals surface area (Å²) in [6.07, 6.45) is 1.88. The van der Waals surface area contributed by atoms with E-state index in [1.165, 1.54) is 0 Å². The van der Waals surface area contributed by atoms with Crippen LogP contribution in [0.15, 0.2) is 30.3 Å². The van der Waals surface area contributed by atoms with Crippen LogP contribution in [0.5, 0.6) is 0 Å². The summed E-state index contributed by atoms with van der Waals surface area (Å²) in [6, 6.07) is 9.20. The first kappa shape index (κ1) is 12.3. The van der Waals surface area contributed by atoms with Gasteiger partial charge >= 0.3 is 0 Å². The zero-order valence-corrected chi connectivity index (χ0v) is 10.3. The highest BCUT2D eigenvalue weighted by atomic mass is 16.1. The van der Waals surface area contributed by atoms with E-state index in [0.717, 1.165) is 31.5 Å². The van der Waals surface area contributed by atoms with Gasteiger partial charge in [-0.2, -0.15) is 0 Å². The predicted octanol–water partition coefficient (Wildman–Crippen LogP) is 1.60. The Morgan fingerprint density at radius 2 is 1.88 bits per heavy atom. The van der Waals surface area contributed by atoms with Crippen LogP contribution >= 0.6 is 0 Å². The van der Waals surface area contributed by atoms with Gasteiger partial charge < -0.3 is 10.6 Å². The first-order valence-corrected chi connectivity index (χ1v) is 6.21. The van der Waals surface area contributed by atoms with Crippen LogP contribution in [0.25, 0.3) is 0 Å². The normalized spacial score (nSPS) is 20.1. The second-order valence-corrected chi connectivity index (χ2v) is 4.87. The second kappa shape index (κ2) is 5.43. The SMILES string of the molecule is CN1CCC(C(=O)C(N)c2ccccc2)CC1. The summed E-state index contributed by atoms with van der Waals surface area (Å²) in [7, 11) is 2.10. The van der Waals surface area contributed by atoms with Crippen molar-refractivity contribution in [3.63, 3.8) is 0 Å². The van der Waals surface area contributed by atoms with Crippen LogP contribution in [0.3, 0.4) is 0 Å². The highest BCUT2D eigenvalue weighted by Crippen LogP contribution is 2.23. The summed E-state index contributed by atoms with van der Waals surface area (Å²) in [5, 5.41) is 0. The van der Waals surface area contributed by atoms with Crippen LogP contribution in [0.1, 0.15) is 24.4 Å². The molecule has 2 rings (SSSR count). The molecular weight excluding hydrogens is 212 g/mol. The Bertz CT molecular complexity index is 369. The van der Waals surface area contributed by atoms with Crippen molar-refractivity contribution < 1.29 is 4.79 Å². The highest BCUT2D eigenvalue weighted by Gasteiger charge is 2.27. The van der Waals surface area contributed by atoms with Crippen molar-refractivity contribution in [1.82, 2.24) is 4.90 Å². The molecule has 0 saturated carbocycles. The van der Waals surface area contributed by atoms with Crippen LogP contribution in [0, 0.1) is 5.92 Å². The molecule has 1 heterocycles. The van der Waals surface area contributed by atoms with Gasteiger partial charge in [0, 0.05) is 5.92 Å². The van der Waals surface area contributed by atoms with E-state index >= 15 is 0 Å². The number of hydrogen-bond donors (Lipinski definition) is 1. The second-order valence-electron chi connectivity index (χ2n) is 4.87. The Hall–Kier alpha value is -1.19. The molecule has 0 spiro atoms. The van der Waals surface area contributed by atoms with Gasteiger partial charge in [-0.15, -0.1) is 0 Å². The number of carbonyl (C=O) groups is 1. The molecule has 1 saturated heterocycles. The number of Topliss-reactive ketones (excluding diaryl/α,β-unsaturated/α-hetero) is 1.